The SMILES string of the molecule is CCCCC(SN)C(=O)O. The lowest BCUT2D eigenvalue weighted by molar-refractivity contribution is -0.136. The molecule has 0 aromatic rings. The average Bonchev–Trinajstić information content (AvgIpc) is 1.89. The Morgan fingerprint density at radius 1 is 1.80 bits per heavy atom. The smallest absolute Gasteiger partial charge is 0.317 e. The molecule has 1 atom stereocenters. The molecule has 0 saturated heterocycles. The van der Waals surface area contributed by atoms with Gasteiger partial charge in [-0.05, 0) is 6.42 Å². The molecule has 3 N–H and O–H groups in total. The van der Waals surface area contributed by atoms with Crippen molar-refractivity contribution in [3.63, 3.8) is 0 Å². The summed E-state index contributed by atoms with van der Waals surface area (Å²) >= 11 is 0.918. The van der Waals surface area contributed by atoms with E-state index in [1.54, 1.807) is 0 Å². The van der Waals surface area contributed by atoms with E-state index >= 15 is 0 Å². The molecule has 10 heavy (non-hydrogen) atoms. The second-order valence-corrected chi connectivity index (χ2v) is 2.95. The molecular formula is C6H13NO2S. The molecule has 0 aliphatic carbocycles. The predicted octanol–water partition coefficient (Wildman–Crippen LogP) is 1.24. The van der Waals surface area contributed by atoms with Crippen molar-refractivity contribution in [1.82, 2.24) is 0 Å². The van der Waals surface area contributed by atoms with E-state index in [9.17, 15) is 4.79 Å². The van der Waals surface area contributed by atoms with Crippen molar-refractivity contribution in [2.75, 3.05) is 0 Å². The summed E-state index contributed by atoms with van der Waals surface area (Å²) in [6, 6.07) is 0. The van der Waals surface area contributed by atoms with Crippen LogP contribution in [0.2, 0.25) is 0 Å². The van der Waals surface area contributed by atoms with Gasteiger partial charge in [0.05, 0.1) is 0 Å². The van der Waals surface area contributed by atoms with Crippen LogP contribution in [0.4, 0.5) is 0 Å². The Labute approximate surface area is 65.1 Å². The molecule has 0 heterocycles. The van der Waals surface area contributed by atoms with Crippen molar-refractivity contribution in [2.24, 2.45) is 5.14 Å². The molecular weight excluding hydrogens is 150 g/mol. The first-order chi connectivity index (χ1) is 4.72. The van der Waals surface area contributed by atoms with Crippen LogP contribution in [-0.2, 0) is 4.79 Å². The summed E-state index contributed by atoms with van der Waals surface area (Å²) in [5, 5.41) is 13.2. The van der Waals surface area contributed by atoms with Gasteiger partial charge in [0.15, 0.2) is 0 Å². The fourth-order valence-electron chi connectivity index (χ4n) is 0.639. The minimum absolute atomic E-state index is 0.417. The van der Waals surface area contributed by atoms with Crippen LogP contribution in [0.15, 0.2) is 0 Å². The normalized spacial score (nSPS) is 13.0. The van der Waals surface area contributed by atoms with Gasteiger partial charge < -0.3 is 5.11 Å². The Balaban J connectivity index is 3.50. The van der Waals surface area contributed by atoms with Crippen molar-refractivity contribution < 1.29 is 9.90 Å². The zero-order valence-corrected chi connectivity index (χ0v) is 6.86. The van der Waals surface area contributed by atoms with Crippen LogP contribution < -0.4 is 5.14 Å². The monoisotopic (exact) mass is 163 g/mol. The van der Waals surface area contributed by atoms with Crippen LogP contribution in [-0.4, -0.2) is 16.3 Å². The number of aliphatic carboxylic acids is 1. The van der Waals surface area contributed by atoms with E-state index in [1.165, 1.54) is 0 Å². The number of nitrogens with two attached hydrogens (primary N) is 1. The van der Waals surface area contributed by atoms with Crippen molar-refractivity contribution in [3.05, 3.63) is 0 Å². The van der Waals surface area contributed by atoms with E-state index < -0.39 is 11.2 Å². The summed E-state index contributed by atoms with van der Waals surface area (Å²) in [6.45, 7) is 2.03. The van der Waals surface area contributed by atoms with Gasteiger partial charge in [0, 0.05) is 0 Å². The van der Waals surface area contributed by atoms with Gasteiger partial charge in [0.1, 0.15) is 5.25 Å². The zero-order chi connectivity index (χ0) is 7.98. The number of carbonyl (C=O) groups is 1. The largest absolute Gasteiger partial charge is 0.480 e. The van der Waals surface area contributed by atoms with Crippen LogP contribution in [0.3, 0.4) is 0 Å². The highest BCUT2D eigenvalue weighted by Gasteiger charge is 2.14. The molecule has 0 aromatic carbocycles. The number of unbranched alkanes of at least 4 members (excludes halogenated alkanes) is 1. The van der Waals surface area contributed by atoms with Gasteiger partial charge in [-0.15, -0.1) is 0 Å². The number of carboxylic acid groups (broad SMARTS) is 1. The summed E-state index contributed by atoms with van der Waals surface area (Å²) in [4.78, 5) is 10.3. The number of hydrogen-bond acceptors (Lipinski definition) is 3. The van der Waals surface area contributed by atoms with Crippen LogP contribution in [0.25, 0.3) is 0 Å². The molecule has 1 unspecified atom stereocenters. The second kappa shape index (κ2) is 5.56. The molecule has 3 nitrogen and oxygen atoms in total. The first kappa shape index (κ1) is 9.78. The maximum Gasteiger partial charge on any atom is 0.317 e. The standard InChI is InChI=1S/C6H13NO2S/c1-2-3-4-5(10-7)6(8)9/h5H,2-4,7H2,1H3,(H,8,9). The molecule has 0 bridgehead atoms. The van der Waals surface area contributed by atoms with Gasteiger partial charge in [0.2, 0.25) is 0 Å². The lowest BCUT2D eigenvalue weighted by Crippen LogP contribution is -2.17. The fraction of sp³-hybridized carbons (Fsp3) is 0.833. The van der Waals surface area contributed by atoms with Crippen molar-refractivity contribution in [1.29, 1.82) is 0 Å². The molecule has 0 aromatic heterocycles. The molecule has 0 rings (SSSR count). The Hall–Kier alpha value is -0.220. The van der Waals surface area contributed by atoms with Gasteiger partial charge in [-0.1, -0.05) is 31.7 Å². The van der Waals surface area contributed by atoms with Gasteiger partial charge in [-0.2, -0.15) is 0 Å². The highest BCUT2D eigenvalue weighted by atomic mass is 32.2. The van der Waals surface area contributed by atoms with E-state index in [0.29, 0.717) is 6.42 Å². The molecule has 60 valence electrons. The molecule has 0 fully saturated rings. The highest BCUT2D eigenvalue weighted by molar-refractivity contribution is 7.98. The van der Waals surface area contributed by atoms with Crippen LogP contribution in [0.5, 0.6) is 0 Å². The van der Waals surface area contributed by atoms with E-state index in [4.69, 9.17) is 10.2 Å². The van der Waals surface area contributed by atoms with Crippen molar-refractivity contribution in [3.8, 4) is 0 Å². The van der Waals surface area contributed by atoms with Gasteiger partial charge in [0.25, 0.3) is 0 Å². The third kappa shape index (κ3) is 3.74. The molecule has 0 saturated carbocycles. The van der Waals surface area contributed by atoms with E-state index in [2.05, 4.69) is 0 Å². The van der Waals surface area contributed by atoms with E-state index in [-0.39, 0.29) is 0 Å². The van der Waals surface area contributed by atoms with E-state index in [1.807, 2.05) is 6.92 Å². The summed E-state index contributed by atoms with van der Waals surface area (Å²) < 4.78 is 0. The molecule has 4 heteroatoms. The zero-order valence-electron chi connectivity index (χ0n) is 6.04. The third-order valence-corrected chi connectivity index (χ3v) is 2.03. The first-order valence-electron chi connectivity index (χ1n) is 3.30. The quantitative estimate of drug-likeness (QED) is 0.598. The summed E-state index contributed by atoms with van der Waals surface area (Å²) in [5.74, 6) is -0.805. The van der Waals surface area contributed by atoms with Crippen molar-refractivity contribution in [2.45, 2.75) is 31.4 Å². The molecule has 0 spiro atoms. The first-order valence-corrected chi connectivity index (χ1v) is 4.25. The molecule has 0 aliphatic rings. The highest BCUT2D eigenvalue weighted by Crippen LogP contribution is 2.11. The average molecular weight is 163 g/mol. The molecule has 0 aliphatic heterocycles. The topological polar surface area (TPSA) is 63.3 Å². The fourth-order valence-corrected chi connectivity index (χ4v) is 1.06. The maximum atomic E-state index is 10.3. The Morgan fingerprint density at radius 2 is 2.40 bits per heavy atom. The molecule has 0 amide bonds. The van der Waals surface area contributed by atoms with Crippen LogP contribution in [0.1, 0.15) is 26.2 Å². The van der Waals surface area contributed by atoms with Gasteiger partial charge in [-0.25, -0.2) is 0 Å². The third-order valence-electron chi connectivity index (χ3n) is 1.26. The Bertz CT molecular complexity index is 108. The number of hydrogen-bond donors (Lipinski definition) is 2. The number of carboxylic acids is 1. The maximum absolute atomic E-state index is 10.3. The lowest BCUT2D eigenvalue weighted by atomic mass is 10.2. The van der Waals surface area contributed by atoms with Crippen molar-refractivity contribution >= 4 is 17.9 Å². The van der Waals surface area contributed by atoms with Crippen LogP contribution in [0, 0.1) is 0 Å². The summed E-state index contributed by atoms with van der Waals surface area (Å²) in [6.07, 6.45) is 2.62. The summed E-state index contributed by atoms with van der Waals surface area (Å²) in [7, 11) is 0. The van der Waals surface area contributed by atoms with Crippen LogP contribution >= 0.6 is 11.9 Å². The predicted molar refractivity (Wildman–Crippen MR) is 42.7 cm³/mol. The minimum Gasteiger partial charge on any atom is -0.480 e. The summed E-state index contributed by atoms with van der Waals surface area (Å²) in [5.41, 5.74) is 0. The second-order valence-electron chi connectivity index (χ2n) is 2.11. The minimum atomic E-state index is -0.805. The Morgan fingerprint density at radius 3 is 2.70 bits per heavy atom. The Kier molecular flexibility index (Phi) is 5.43. The molecule has 0 radical (unpaired) electrons. The number of rotatable bonds is 5. The van der Waals surface area contributed by atoms with Gasteiger partial charge in [-0.3, -0.25) is 9.93 Å². The van der Waals surface area contributed by atoms with Gasteiger partial charge >= 0.3 is 5.97 Å². The van der Waals surface area contributed by atoms with E-state index in [0.717, 1.165) is 24.8 Å². The lowest BCUT2D eigenvalue weighted by Gasteiger charge is -2.05.